The van der Waals surface area contributed by atoms with Crippen molar-refractivity contribution in [2.24, 2.45) is 0 Å². The molecule has 1 aromatic heterocycles. The van der Waals surface area contributed by atoms with Crippen LogP contribution in [0.1, 0.15) is 15.9 Å². The third kappa shape index (κ3) is 4.28. The molecule has 0 spiro atoms. The topological polar surface area (TPSA) is 46.9 Å². The maximum atomic E-state index is 13.2. The van der Waals surface area contributed by atoms with Gasteiger partial charge in [-0.05, 0) is 48.6 Å². The van der Waals surface area contributed by atoms with E-state index in [-0.39, 0.29) is 11.7 Å². The van der Waals surface area contributed by atoms with Crippen molar-refractivity contribution in [2.75, 3.05) is 12.8 Å². The molecule has 0 atom stereocenters. The van der Waals surface area contributed by atoms with Crippen LogP contribution in [0.3, 0.4) is 0 Å². The van der Waals surface area contributed by atoms with Crippen LogP contribution in [-0.4, -0.2) is 28.3 Å². The predicted molar refractivity (Wildman–Crippen MR) is 97.8 cm³/mol. The van der Waals surface area contributed by atoms with Crippen molar-refractivity contribution in [3.63, 3.8) is 0 Å². The number of hydrogen-bond acceptors (Lipinski definition) is 3. The first-order chi connectivity index (χ1) is 12.2. The summed E-state index contributed by atoms with van der Waals surface area (Å²) in [5.74, 6) is -0.412. The monoisotopic (exact) mass is 355 g/mol. The van der Waals surface area contributed by atoms with E-state index in [9.17, 15) is 9.18 Å². The highest BCUT2D eigenvalue weighted by molar-refractivity contribution is 7.98. The summed E-state index contributed by atoms with van der Waals surface area (Å²) in [6.45, 7) is 0.452. The van der Waals surface area contributed by atoms with E-state index >= 15 is 0 Å². The van der Waals surface area contributed by atoms with E-state index < -0.39 is 0 Å². The number of halogens is 1. The first kappa shape index (κ1) is 17.2. The minimum atomic E-state index is -0.263. The van der Waals surface area contributed by atoms with Crippen LogP contribution in [0.2, 0.25) is 0 Å². The molecule has 0 saturated carbocycles. The second-order valence-electron chi connectivity index (χ2n) is 5.47. The number of amides is 1. The molecule has 3 rings (SSSR count). The Morgan fingerprint density at radius 1 is 1.24 bits per heavy atom. The van der Waals surface area contributed by atoms with Gasteiger partial charge in [0.1, 0.15) is 5.82 Å². The highest BCUT2D eigenvalue weighted by Gasteiger charge is 2.09. The number of imidazole rings is 1. The molecule has 0 saturated heterocycles. The zero-order valence-electron chi connectivity index (χ0n) is 13.8. The van der Waals surface area contributed by atoms with Crippen LogP contribution in [0.4, 0.5) is 4.39 Å². The summed E-state index contributed by atoms with van der Waals surface area (Å²) in [7, 11) is 0. The standard InChI is InChI=1S/C19H18FN3OS/c1-25-19-22-10-11-23(19)17-7-3-5-15(13-17)18(24)21-9-8-14-4-2-6-16(20)12-14/h2-7,10-13H,8-9H2,1H3,(H,21,24). The van der Waals surface area contributed by atoms with E-state index in [1.165, 1.54) is 12.1 Å². The van der Waals surface area contributed by atoms with Gasteiger partial charge in [-0.2, -0.15) is 0 Å². The van der Waals surface area contributed by atoms with E-state index in [0.717, 1.165) is 16.4 Å². The lowest BCUT2D eigenvalue weighted by molar-refractivity contribution is 0.0954. The van der Waals surface area contributed by atoms with E-state index in [4.69, 9.17) is 0 Å². The molecule has 0 fully saturated rings. The number of carbonyl (C=O) groups excluding carboxylic acids is 1. The van der Waals surface area contributed by atoms with Crippen LogP contribution in [-0.2, 0) is 6.42 Å². The molecule has 4 nitrogen and oxygen atoms in total. The molecular weight excluding hydrogens is 337 g/mol. The highest BCUT2D eigenvalue weighted by Crippen LogP contribution is 2.19. The Morgan fingerprint density at radius 2 is 2.08 bits per heavy atom. The zero-order valence-corrected chi connectivity index (χ0v) is 14.6. The Bertz CT molecular complexity index is 878. The van der Waals surface area contributed by atoms with Crippen LogP contribution >= 0.6 is 11.8 Å². The van der Waals surface area contributed by atoms with Gasteiger partial charge < -0.3 is 5.32 Å². The first-order valence-electron chi connectivity index (χ1n) is 7.88. The van der Waals surface area contributed by atoms with Gasteiger partial charge in [0.25, 0.3) is 5.91 Å². The number of thioether (sulfide) groups is 1. The maximum absolute atomic E-state index is 13.2. The maximum Gasteiger partial charge on any atom is 0.251 e. The Hall–Kier alpha value is -2.60. The third-order valence-corrected chi connectivity index (χ3v) is 4.43. The molecule has 0 bridgehead atoms. The van der Waals surface area contributed by atoms with Crippen LogP contribution in [0.5, 0.6) is 0 Å². The van der Waals surface area contributed by atoms with Crippen LogP contribution in [0.15, 0.2) is 66.1 Å². The fourth-order valence-electron chi connectivity index (χ4n) is 2.55. The number of nitrogens with one attached hydrogen (secondary N) is 1. The zero-order chi connectivity index (χ0) is 17.6. The smallest absolute Gasteiger partial charge is 0.251 e. The minimum Gasteiger partial charge on any atom is -0.352 e. The number of aromatic nitrogens is 2. The number of benzene rings is 2. The van der Waals surface area contributed by atoms with Crippen molar-refractivity contribution in [2.45, 2.75) is 11.6 Å². The molecule has 2 aromatic carbocycles. The van der Waals surface area contributed by atoms with E-state index in [0.29, 0.717) is 18.5 Å². The molecule has 3 aromatic rings. The largest absolute Gasteiger partial charge is 0.352 e. The molecule has 0 aliphatic heterocycles. The van der Waals surface area contributed by atoms with Gasteiger partial charge in [0, 0.05) is 30.2 Å². The molecule has 1 N–H and O–H groups in total. The van der Waals surface area contributed by atoms with Gasteiger partial charge in [0.15, 0.2) is 5.16 Å². The predicted octanol–water partition coefficient (Wildman–Crippen LogP) is 3.71. The molecule has 25 heavy (non-hydrogen) atoms. The number of carbonyl (C=O) groups is 1. The summed E-state index contributed by atoms with van der Waals surface area (Å²) >= 11 is 1.54. The lowest BCUT2D eigenvalue weighted by Crippen LogP contribution is -2.25. The highest BCUT2D eigenvalue weighted by atomic mass is 32.2. The van der Waals surface area contributed by atoms with Crippen LogP contribution in [0, 0.1) is 5.82 Å². The molecule has 128 valence electrons. The minimum absolute atomic E-state index is 0.149. The fourth-order valence-corrected chi connectivity index (χ4v) is 3.08. The van der Waals surface area contributed by atoms with Gasteiger partial charge in [-0.3, -0.25) is 9.36 Å². The molecule has 1 amide bonds. The van der Waals surface area contributed by atoms with Crippen LogP contribution < -0.4 is 5.32 Å². The van der Waals surface area contributed by atoms with Crippen molar-refractivity contribution in [1.29, 1.82) is 0 Å². The Balaban J connectivity index is 1.65. The van der Waals surface area contributed by atoms with Crippen molar-refractivity contribution in [3.8, 4) is 5.69 Å². The lowest BCUT2D eigenvalue weighted by atomic mass is 10.1. The lowest BCUT2D eigenvalue weighted by Gasteiger charge is -2.09. The summed E-state index contributed by atoms with van der Waals surface area (Å²) in [5, 5.41) is 3.74. The SMILES string of the molecule is CSc1nccn1-c1cccc(C(=O)NCCc2cccc(F)c2)c1. The van der Waals surface area contributed by atoms with Gasteiger partial charge in [0.2, 0.25) is 0 Å². The van der Waals surface area contributed by atoms with Gasteiger partial charge in [0.05, 0.1) is 0 Å². The quantitative estimate of drug-likeness (QED) is 0.686. The van der Waals surface area contributed by atoms with Crippen molar-refractivity contribution >= 4 is 17.7 Å². The second-order valence-corrected chi connectivity index (χ2v) is 6.24. The van der Waals surface area contributed by atoms with Crippen LogP contribution in [0.25, 0.3) is 5.69 Å². The Labute approximate surface area is 150 Å². The van der Waals surface area contributed by atoms with Gasteiger partial charge in [-0.15, -0.1) is 0 Å². The normalized spacial score (nSPS) is 10.6. The Kier molecular flexibility index (Phi) is 5.50. The van der Waals surface area contributed by atoms with Gasteiger partial charge in [-0.1, -0.05) is 30.0 Å². The van der Waals surface area contributed by atoms with Crippen molar-refractivity contribution in [3.05, 3.63) is 77.9 Å². The summed E-state index contributed by atoms with van der Waals surface area (Å²) in [6.07, 6.45) is 6.15. The summed E-state index contributed by atoms with van der Waals surface area (Å²) in [6, 6.07) is 13.8. The molecular formula is C19H18FN3OS. The van der Waals surface area contributed by atoms with Gasteiger partial charge >= 0.3 is 0 Å². The molecule has 0 aliphatic rings. The Morgan fingerprint density at radius 3 is 2.88 bits per heavy atom. The number of hydrogen-bond donors (Lipinski definition) is 1. The molecule has 6 heteroatoms. The summed E-state index contributed by atoms with van der Waals surface area (Å²) in [5.41, 5.74) is 2.33. The van der Waals surface area contributed by atoms with E-state index in [1.807, 2.05) is 41.3 Å². The summed E-state index contributed by atoms with van der Waals surface area (Å²) in [4.78, 5) is 16.6. The summed E-state index contributed by atoms with van der Waals surface area (Å²) < 4.78 is 15.1. The van der Waals surface area contributed by atoms with E-state index in [1.54, 1.807) is 30.1 Å². The number of nitrogens with zero attached hydrogens (tertiary/aromatic N) is 2. The fraction of sp³-hybridized carbons (Fsp3) is 0.158. The molecule has 0 radical (unpaired) electrons. The third-order valence-electron chi connectivity index (χ3n) is 3.76. The average molecular weight is 355 g/mol. The molecule has 1 heterocycles. The second kappa shape index (κ2) is 7.98. The average Bonchev–Trinajstić information content (AvgIpc) is 3.10. The van der Waals surface area contributed by atoms with Crippen molar-refractivity contribution < 1.29 is 9.18 Å². The first-order valence-corrected chi connectivity index (χ1v) is 9.10. The number of rotatable bonds is 6. The molecule has 0 aliphatic carbocycles. The molecule has 0 unspecified atom stereocenters. The van der Waals surface area contributed by atoms with Gasteiger partial charge in [-0.25, -0.2) is 9.37 Å². The van der Waals surface area contributed by atoms with Crippen molar-refractivity contribution in [1.82, 2.24) is 14.9 Å². The van der Waals surface area contributed by atoms with E-state index in [2.05, 4.69) is 10.3 Å².